The van der Waals surface area contributed by atoms with Crippen molar-refractivity contribution in [1.82, 2.24) is 4.90 Å². The van der Waals surface area contributed by atoms with Crippen LogP contribution in [0, 0.1) is 18.7 Å². The molecule has 0 spiro atoms. The molecule has 0 aliphatic heterocycles. The van der Waals surface area contributed by atoms with Gasteiger partial charge in [-0.05, 0) is 36.6 Å². The van der Waals surface area contributed by atoms with Gasteiger partial charge in [-0.3, -0.25) is 9.59 Å². The molecule has 1 aromatic rings. The van der Waals surface area contributed by atoms with Crippen molar-refractivity contribution in [3.05, 3.63) is 35.1 Å². The number of benzene rings is 1. The van der Waals surface area contributed by atoms with Crippen molar-refractivity contribution in [2.75, 3.05) is 13.1 Å². The Kier molecular flexibility index (Phi) is 5.03. The molecule has 19 heavy (non-hydrogen) atoms. The highest BCUT2D eigenvalue weighted by atomic mass is 19.1. The van der Waals surface area contributed by atoms with Crippen LogP contribution in [0.25, 0.3) is 0 Å². The summed E-state index contributed by atoms with van der Waals surface area (Å²) in [6.07, 6.45) is 0. The Morgan fingerprint density at radius 1 is 1.37 bits per heavy atom. The van der Waals surface area contributed by atoms with E-state index in [1.807, 2.05) is 13.8 Å². The smallest absolute Gasteiger partial charge is 0.254 e. The van der Waals surface area contributed by atoms with Gasteiger partial charge in [0.05, 0.1) is 6.54 Å². The number of primary amides is 1. The van der Waals surface area contributed by atoms with Gasteiger partial charge in [-0.15, -0.1) is 0 Å². The minimum Gasteiger partial charge on any atom is -0.368 e. The summed E-state index contributed by atoms with van der Waals surface area (Å²) in [6, 6.07) is 4.14. The minimum absolute atomic E-state index is 0.132. The van der Waals surface area contributed by atoms with Gasteiger partial charge in [-0.2, -0.15) is 0 Å². The van der Waals surface area contributed by atoms with Gasteiger partial charge in [-0.1, -0.05) is 13.8 Å². The van der Waals surface area contributed by atoms with Gasteiger partial charge in [0.2, 0.25) is 5.91 Å². The molecule has 0 bridgehead atoms. The molecule has 0 aromatic heterocycles. The van der Waals surface area contributed by atoms with E-state index in [9.17, 15) is 14.0 Å². The van der Waals surface area contributed by atoms with Gasteiger partial charge in [0.1, 0.15) is 5.82 Å². The van der Waals surface area contributed by atoms with E-state index in [0.29, 0.717) is 17.7 Å². The second-order valence-electron chi connectivity index (χ2n) is 5.01. The predicted octanol–water partition coefficient (Wildman–Crippen LogP) is 1.72. The summed E-state index contributed by atoms with van der Waals surface area (Å²) in [5, 5.41) is 0. The molecule has 0 unspecified atom stereocenters. The zero-order valence-corrected chi connectivity index (χ0v) is 11.4. The first-order chi connectivity index (χ1) is 8.81. The monoisotopic (exact) mass is 266 g/mol. The Balaban J connectivity index is 2.97. The number of hydrogen-bond acceptors (Lipinski definition) is 2. The van der Waals surface area contributed by atoms with Gasteiger partial charge in [0, 0.05) is 12.1 Å². The van der Waals surface area contributed by atoms with Gasteiger partial charge in [0.25, 0.3) is 5.91 Å². The van der Waals surface area contributed by atoms with Crippen LogP contribution >= 0.6 is 0 Å². The largest absolute Gasteiger partial charge is 0.368 e. The number of aryl methyl sites for hydroxylation is 1. The maximum Gasteiger partial charge on any atom is 0.254 e. The highest BCUT2D eigenvalue weighted by Crippen LogP contribution is 2.12. The van der Waals surface area contributed by atoms with E-state index in [-0.39, 0.29) is 24.2 Å². The number of carbonyl (C=O) groups excluding carboxylic acids is 2. The quantitative estimate of drug-likeness (QED) is 0.882. The van der Waals surface area contributed by atoms with Crippen LogP contribution in [0.4, 0.5) is 4.39 Å². The average molecular weight is 266 g/mol. The van der Waals surface area contributed by atoms with Gasteiger partial charge in [-0.25, -0.2) is 4.39 Å². The van der Waals surface area contributed by atoms with E-state index in [2.05, 4.69) is 0 Å². The van der Waals surface area contributed by atoms with Crippen molar-refractivity contribution in [3.63, 3.8) is 0 Å². The van der Waals surface area contributed by atoms with E-state index in [4.69, 9.17) is 5.73 Å². The molecule has 1 rings (SSSR count). The number of nitrogens with zero attached hydrogens (tertiary/aromatic N) is 1. The van der Waals surface area contributed by atoms with Gasteiger partial charge in [0.15, 0.2) is 0 Å². The van der Waals surface area contributed by atoms with E-state index in [1.165, 1.54) is 23.1 Å². The zero-order chi connectivity index (χ0) is 14.6. The van der Waals surface area contributed by atoms with Crippen LogP contribution in [-0.2, 0) is 4.79 Å². The number of rotatable bonds is 5. The van der Waals surface area contributed by atoms with Crippen molar-refractivity contribution >= 4 is 11.8 Å². The summed E-state index contributed by atoms with van der Waals surface area (Å²) in [5.74, 6) is -1.02. The molecule has 0 fully saturated rings. The summed E-state index contributed by atoms with van der Waals surface area (Å²) >= 11 is 0. The third-order valence-electron chi connectivity index (χ3n) is 2.62. The molecule has 0 aliphatic rings. The van der Waals surface area contributed by atoms with Crippen LogP contribution in [0.2, 0.25) is 0 Å². The lowest BCUT2D eigenvalue weighted by Crippen LogP contribution is -2.40. The van der Waals surface area contributed by atoms with Crippen LogP contribution in [0.5, 0.6) is 0 Å². The topological polar surface area (TPSA) is 63.4 Å². The number of carbonyl (C=O) groups is 2. The second-order valence-corrected chi connectivity index (χ2v) is 5.01. The third kappa shape index (κ3) is 4.35. The van der Waals surface area contributed by atoms with E-state index in [0.717, 1.165) is 0 Å². The van der Waals surface area contributed by atoms with E-state index >= 15 is 0 Å². The first kappa shape index (κ1) is 15.1. The summed E-state index contributed by atoms with van der Waals surface area (Å²) in [4.78, 5) is 24.7. The van der Waals surface area contributed by atoms with E-state index < -0.39 is 5.91 Å². The molecular formula is C14H19FN2O2. The van der Waals surface area contributed by atoms with Crippen molar-refractivity contribution in [2.24, 2.45) is 11.7 Å². The molecule has 104 valence electrons. The molecule has 0 atom stereocenters. The fourth-order valence-electron chi connectivity index (χ4n) is 1.81. The van der Waals surface area contributed by atoms with Crippen molar-refractivity contribution < 1.29 is 14.0 Å². The number of nitrogens with two attached hydrogens (primary N) is 1. The van der Waals surface area contributed by atoms with Crippen LogP contribution in [-0.4, -0.2) is 29.8 Å². The molecule has 0 heterocycles. The summed E-state index contributed by atoms with van der Waals surface area (Å²) in [6.45, 7) is 5.77. The molecular weight excluding hydrogens is 247 g/mol. The van der Waals surface area contributed by atoms with Crippen molar-refractivity contribution in [2.45, 2.75) is 20.8 Å². The average Bonchev–Trinajstić information content (AvgIpc) is 2.29. The van der Waals surface area contributed by atoms with Gasteiger partial charge < -0.3 is 10.6 Å². The van der Waals surface area contributed by atoms with E-state index in [1.54, 1.807) is 6.92 Å². The highest BCUT2D eigenvalue weighted by Gasteiger charge is 2.19. The lowest BCUT2D eigenvalue weighted by Gasteiger charge is -2.23. The minimum atomic E-state index is -0.562. The summed E-state index contributed by atoms with van der Waals surface area (Å²) < 4.78 is 13.2. The van der Waals surface area contributed by atoms with Gasteiger partial charge >= 0.3 is 0 Å². The normalized spacial score (nSPS) is 10.6. The third-order valence-corrected chi connectivity index (χ3v) is 2.62. The number of amides is 2. The molecule has 5 heteroatoms. The maximum atomic E-state index is 13.2. The maximum absolute atomic E-state index is 13.2. The molecule has 4 nitrogen and oxygen atoms in total. The van der Waals surface area contributed by atoms with Crippen LogP contribution in [0.15, 0.2) is 18.2 Å². The fourth-order valence-corrected chi connectivity index (χ4v) is 1.81. The lowest BCUT2D eigenvalue weighted by molar-refractivity contribution is -0.118. The Hall–Kier alpha value is -1.91. The second kappa shape index (κ2) is 6.31. The Morgan fingerprint density at radius 3 is 2.47 bits per heavy atom. The van der Waals surface area contributed by atoms with Crippen LogP contribution in [0.3, 0.4) is 0 Å². The summed E-state index contributed by atoms with van der Waals surface area (Å²) in [7, 11) is 0. The lowest BCUT2D eigenvalue weighted by atomic mass is 10.1. The van der Waals surface area contributed by atoms with Crippen molar-refractivity contribution in [3.8, 4) is 0 Å². The van der Waals surface area contributed by atoms with Crippen LogP contribution in [0.1, 0.15) is 29.8 Å². The first-order valence-electron chi connectivity index (χ1n) is 6.15. The highest BCUT2D eigenvalue weighted by molar-refractivity contribution is 5.96. The molecule has 0 aliphatic carbocycles. The Morgan fingerprint density at radius 2 is 2.00 bits per heavy atom. The van der Waals surface area contributed by atoms with Crippen LogP contribution < -0.4 is 5.73 Å². The molecule has 2 amide bonds. The fraction of sp³-hybridized carbons (Fsp3) is 0.429. The first-order valence-corrected chi connectivity index (χ1v) is 6.15. The molecule has 1 aromatic carbocycles. The molecule has 0 radical (unpaired) electrons. The SMILES string of the molecule is Cc1cc(C(=O)N(CC(N)=O)CC(C)C)ccc1F. The molecule has 0 saturated carbocycles. The predicted molar refractivity (Wildman–Crippen MR) is 71.1 cm³/mol. The number of hydrogen-bond donors (Lipinski definition) is 1. The van der Waals surface area contributed by atoms with Crippen molar-refractivity contribution in [1.29, 1.82) is 0 Å². The molecule has 2 N–H and O–H groups in total. The standard InChI is InChI=1S/C14H19FN2O2/c1-9(2)7-17(8-13(16)18)14(19)11-4-5-12(15)10(3)6-11/h4-6,9H,7-8H2,1-3H3,(H2,16,18). The zero-order valence-electron chi connectivity index (χ0n) is 11.4. The number of halogens is 1. The Bertz CT molecular complexity index is 486. The summed E-state index contributed by atoms with van der Waals surface area (Å²) in [5.41, 5.74) is 5.91. The molecule has 0 saturated heterocycles. The Labute approximate surface area is 112 Å².